The van der Waals surface area contributed by atoms with Crippen molar-refractivity contribution in [1.82, 2.24) is 0 Å². The Bertz CT molecular complexity index is 1500. The number of rotatable bonds is 11. The molecule has 0 spiro atoms. The van der Waals surface area contributed by atoms with E-state index in [4.69, 9.17) is 9.47 Å². The Balaban J connectivity index is 1.13. The minimum atomic E-state index is -1.35. The van der Waals surface area contributed by atoms with Crippen LogP contribution in [0.25, 0.3) is 11.1 Å². The molecule has 250 valence electrons. The maximum absolute atomic E-state index is 15.1. The number of ether oxygens (including phenoxy) is 2. The van der Waals surface area contributed by atoms with Gasteiger partial charge in [0.25, 0.3) is 0 Å². The molecule has 0 amide bonds. The molecular formula is C37H42F6O3. The van der Waals surface area contributed by atoms with Gasteiger partial charge in [-0.1, -0.05) is 31.5 Å². The van der Waals surface area contributed by atoms with Crippen molar-refractivity contribution in [3.63, 3.8) is 0 Å². The van der Waals surface area contributed by atoms with E-state index >= 15 is 4.39 Å². The van der Waals surface area contributed by atoms with Crippen LogP contribution in [0.1, 0.15) is 101 Å². The fourth-order valence-electron chi connectivity index (χ4n) is 7.37. The summed E-state index contributed by atoms with van der Waals surface area (Å²) in [5.41, 5.74) is -0.655. The molecule has 2 aliphatic carbocycles. The quantitative estimate of drug-likeness (QED) is 0.210. The highest BCUT2D eigenvalue weighted by molar-refractivity contribution is 5.66. The van der Waals surface area contributed by atoms with Crippen molar-refractivity contribution in [1.29, 1.82) is 0 Å². The van der Waals surface area contributed by atoms with Gasteiger partial charge < -0.3 is 14.6 Å². The molecule has 2 saturated carbocycles. The lowest BCUT2D eigenvalue weighted by molar-refractivity contribution is 0.129. The summed E-state index contributed by atoms with van der Waals surface area (Å²) in [4.78, 5) is 0. The lowest BCUT2D eigenvalue weighted by Gasteiger charge is -2.38. The zero-order valence-corrected chi connectivity index (χ0v) is 26.4. The van der Waals surface area contributed by atoms with Crippen LogP contribution in [-0.4, -0.2) is 18.3 Å². The summed E-state index contributed by atoms with van der Waals surface area (Å²) in [6.07, 6.45) is 6.86. The average Bonchev–Trinajstić information content (AvgIpc) is 3.06. The summed E-state index contributed by atoms with van der Waals surface area (Å²) >= 11 is 0. The van der Waals surface area contributed by atoms with E-state index in [1.165, 1.54) is 24.3 Å². The van der Waals surface area contributed by atoms with Crippen molar-refractivity contribution in [3.05, 3.63) is 82.4 Å². The highest BCUT2D eigenvalue weighted by Crippen LogP contribution is 2.45. The molecule has 9 heteroatoms. The van der Waals surface area contributed by atoms with E-state index in [9.17, 15) is 27.1 Å². The molecule has 46 heavy (non-hydrogen) atoms. The summed E-state index contributed by atoms with van der Waals surface area (Å²) in [6, 6.07) is 7.91. The highest BCUT2D eigenvalue weighted by Gasteiger charge is 2.33. The minimum absolute atomic E-state index is 0.0126. The van der Waals surface area contributed by atoms with Crippen LogP contribution in [-0.2, 0) is 0 Å². The van der Waals surface area contributed by atoms with Gasteiger partial charge in [-0.2, -0.15) is 8.78 Å². The number of hydrogen-bond acceptors (Lipinski definition) is 3. The van der Waals surface area contributed by atoms with Crippen LogP contribution in [0, 0.1) is 52.7 Å². The van der Waals surface area contributed by atoms with Crippen LogP contribution >= 0.6 is 0 Å². The summed E-state index contributed by atoms with van der Waals surface area (Å²) < 4.78 is 99.5. The maximum atomic E-state index is 15.1. The van der Waals surface area contributed by atoms with Crippen molar-refractivity contribution in [2.75, 3.05) is 13.2 Å². The molecule has 1 unspecified atom stereocenters. The SMILES string of the molecule is CCCC(O)c1ccc(-c2ccc(OCC3CCC(C4CCC(c5ccc(OCC)c(F)c5F)CC4)CC3)c(F)c2F)c(F)c1F. The van der Waals surface area contributed by atoms with Gasteiger partial charge in [0.2, 0.25) is 11.6 Å². The maximum Gasteiger partial charge on any atom is 0.201 e. The molecule has 0 radical (unpaired) electrons. The highest BCUT2D eigenvalue weighted by atomic mass is 19.2. The van der Waals surface area contributed by atoms with E-state index in [-0.39, 0.29) is 48.5 Å². The van der Waals surface area contributed by atoms with Crippen molar-refractivity contribution < 1.29 is 40.9 Å². The summed E-state index contributed by atoms with van der Waals surface area (Å²) in [5, 5.41) is 10.1. The zero-order valence-electron chi connectivity index (χ0n) is 26.4. The van der Waals surface area contributed by atoms with Crippen LogP contribution in [0.2, 0.25) is 0 Å². The lowest BCUT2D eigenvalue weighted by Crippen LogP contribution is -2.27. The van der Waals surface area contributed by atoms with E-state index in [0.717, 1.165) is 57.4 Å². The number of benzene rings is 3. The molecule has 0 aliphatic heterocycles. The monoisotopic (exact) mass is 648 g/mol. The molecule has 5 rings (SSSR count). The molecule has 0 aromatic heterocycles. The standard InChI is InChI=1S/C37H42F6O3/c1-3-5-29(44)28-15-14-26(33(39)35(28)41)27-17-19-31(37(43)34(27)40)46-20-21-6-8-22(9-7-21)23-10-12-24(13-11-23)25-16-18-30(45-4-2)36(42)32(25)38/h14-19,21-24,29,44H,3-13,20H2,1-2H3. The topological polar surface area (TPSA) is 38.7 Å². The molecule has 0 heterocycles. The first kappa shape index (κ1) is 34.1. The Morgan fingerprint density at radius 1 is 0.630 bits per heavy atom. The molecule has 1 atom stereocenters. The second kappa shape index (κ2) is 15.1. The van der Waals surface area contributed by atoms with Crippen molar-refractivity contribution >= 4 is 0 Å². The van der Waals surface area contributed by atoms with Crippen molar-refractivity contribution in [2.24, 2.45) is 17.8 Å². The lowest BCUT2D eigenvalue weighted by atomic mass is 9.68. The summed E-state index contributed by atoms with van der Waals surface area (Å²) in [7, 11) is 0. The molecule has 0 saturated heterocycles. The molecular weight excluding hydrogens is 606 g/mol. The Hall–Kier alpha value is -3.20. The molecule has 3 nitrogen and oxygen atoms in total. The van der Waals surface area contributed by atoms with Gasteiger partial charge in [-0.25, -0.2) is 17.6 Å². The second-order valence-electron chi connectivity index (χ2n) is 12.8. The van der Waals surface area contributed by atoms with E-state index in [1.807, 2.05) is 0 Å². The molecule has 0 bridgehead atoms. The van der Waals surface area contributed by atoms with Gasteiger partial charge in [-0.05, 0) is 112 Å². The number of hydrogen-bond donors (Lipinski definition) is 1. The van der Waals surface area contributed by atoms with Gasteiger partial charge in [0.15, 0.2) is 34.8 Å². The molecule has 2 fully saturated rings. The third-order valence-electron chi connectivity index (χ3n) is 9.99. The Labute approximate surface area is 266 Å². The molecule has 2 aliphatic rings. The second-order valence-corrected chi connectivity index (χ2v) is 12.8. The van der Waals surface area contributed by atoms with E-state index < -0.39 is 52.1 Å². The fourth-order valence-corrected chi connectivity index (χ4v) is 7.37. The molecule has 3 aromatic carbocycles. The van der Waals surface area contributed by atoms with Crippen molar-refractivity contribution in [3.8, 4) is 22.6 Å². The summed E-state index contributed by atoms with van der Waals surface area (Å²) in [6.45, 7) is 4.01. The molecule has 1 N–H and O–H groups in total. The molecule has 3 aromatic rings. The predicted molar refractivity (Wildman–Crippen MR) is 165 cm³/mol. The van der Waals surface area contributed by atoms with E-state index in [2.05, 4.69) is 0 Å². The van der Waals surface area contributed by atoms with Gasteiger partial charge in [-0.15, -0.1) is 0 Å². The average molecular weight is 649 g/mol. The predicted octanol–water partition coefficient (Wildman–Crippen LogP) is 10.6. The zero-order chi connectivity index (χ0) is 33.0. The Morgan fingerprint density at radius 2 is 1.17 bits per heavy atom. The van der Waals surface area contributed by atoms with Crippen molar-refractivity contribution in [2.45, 2.75) is 90.1 Å². The third-order valence-corrected chi connectivity index (χ3v) is 9.99. The minimum Gasteiger partial charge on any atom is -0.491 e. The Morgan fingerprint density at radius 3 is 1.80 bits per heavy atom. The van der Waals surface area contributed by atoms with Gasteiger partial charge in [-0.3, -0.25) is 0 Å². The van der Waals surface area contributed by atoms with Gasteiger partial charge >= 0.3 is 0 Å². The first-order chi connectivity index (χ1) is 22.1. The van der Waals surface area contributed by atoms with Crippen LogP contribution in [0.4, 0.5) is 26.3 Å². The van der Waals surface area contributed by atoms with Crippen LogP contribution in [0.3, 0.4) is 0 Å². The number of aliphatic hydroxyl groups excluding tert-OH is 1. The fraction of sp³-hybridized carbons (Fsp3) is 0.514. The third kappa shape index (κ3) is 7.19. The van der Waals surface area contributed by atoms with Crippen LogP contribution in [0.5, 0.6) is 11.5 Å². The van der Waals surface area contributed by atoms with Crippen LogP contribution < -0.4 is 9.47 Å². The first-order valence-electron chi connectivity index (χ1n) is 16.5. The normalized spacial score (nSPS) is 22.5. The van der Waals surface area contributed by atoms with E-state index in [1.54, 1.807) is 19.9 Å². The largest absolute Gasteiger partial charge is 0.491 e. The Kier molecular flexibility index (Phi) is 11.2. The van der Waals surface area contributed by atoms with Gasteiger partial charge in [0.05, 0.1) is 19.3 Å². The van der Waals surface area contributed by atoms with Gasteiger partial charge in [0, 0.05) is 16.7 Å². The smallest absolute Gasteiger partial charge is 0.201 e. The number of halogens is 6. The van der Waals surface area contributed by atoms with Crippen LogP contribution in [0.15, 0.2) is 36.4 Å². The summed E-state index contributed by atoms with van der Waals surface area (Å²) in [5.74, 6) is -6.08. The first-order valence-corrected chi connectivity index (χ1v) is 16.5. The number of aliphatic hydroxyl groups is 1. The van der Waals surface area contributed by atoms with E-state index in [0.29, 0.717) is 23.8 Å². The van der Waals surface area contributed by atoms with Gasteiger partial charge in [0.1, 0.15) is 0 Å².